The number of aryl methyl sites for hydroxylation is 1. The van der Waals surface area contributed by atoms with Crippen LogP contribution in [-0.4, -0.2) is 22.9 Å². The molecular formula is C15H17ClN4O. The van der Waals surface area contributed by atoms with Gasteiger partial charge < -0.3 is 10.6 Å². The quantitative estimate of drug-likeness (QED) is 0.911. The molecule has 0 spiro atoms. The Morgan fingerprint density at radius 2 is 2.00 bits per heavy atom. The number of amides is 1. The second-order valence-corrected chi connectivity index (χ2v) is 5.07. The molecule has 1 amide bonds. The molecule has 1 heterocycles. The van der Waals surface area contributed by atoms with Crippen LogP contribution in [0.3, 0.4) is 0 Å². The van der Waals surface area contributed by atoms with E-state index in [1.54, 1.807) is 37.6 Å². The van der Waals surface area contributed by atoms with Crippen molar-refractivity contribution in [2.75, 3.05) is 12.4 Å². The lowest BCUT2D eigenvalue weighted by Gasteiger charge is -2.17. The van der Waals surface area contributed by atoms with Gasteiger partial charge in [-0.15, -0.1) is 0 Å². The van der Waals surface area contributed by atoms with E-state index >= 15 is 0 Å². The van der Waals surface area contributed by atoms with Gasteiger partial charge in [0.05, 0.1) is 28.1 Å². The largest absolute Gasteiger partial charge is 0.376 e. The highest BCUT2D eigenvalue weighted by atomic mass is 35.5. The highest BCUT2D eigenvalue weighted by Gasteiger charge is 2.13. The standard InChI is InChI=1S/C15H17ClN4O/c1-9-14(19-7-6-18-9)10(2)20-13-8-11(15(21)17-3)4-5-12(13)16/h4-8,10,20H,1-3H3,(H,17,21). The molecule has 0 fully saturated rings. The molecule has 2 N–H and O–H groups in total. The lowest BCUT2D eigenvalue weighted by atomic mass is 10.1. The van der Waals surface area contributed by atoms with Crippen molar-refractivity contribution in [2.45, 2.75) is 19.9 Å². The SMILES string of the molecule is CNC(=O)c1ccc(Cl)c(NC(C)c2nccnc2C)c1. The monoisotopic (exact) mass is 304 g/mol. The van der Waals surface area contributed by atoms with Crippen LogP contribution in [0, 0.1) is 6.92 Å². The average Bonchev–Trinajstić information content (AvgIpc) is 2.49. The van der Waals surface area contributed by atoms with E-state index in [1.165, 1.54) is 0 Å². The summed E-state index contributed by atoms with van der Waals surface area (Å²) in [4.78, 5) is 20.2. The third-order valence-corrected chi connectivity index (χ3v) is 3.49. The molecule has 1 aromatic carbocycles. The van der Waals surface area contributed by atoms with Gasteiger partial charge in [0, 0.05) is 25.0 Å². The van der Waals surface area contributed by atoms with Crippen molar-refractivity contribution in [1.82, 2.24) is 15.3 Å². The van der Waals surface area contributed by atoms with Crippen molar-refractivity contribution in [1.29, 1.82) is 0 Å². The van der Waals surface area contributed by atoms with Crippen LogP contribution in [0.4, 0.5) is 5.69 Å². The highest BCUT2D eigenvalue weighted by molar-refractivity contribution is 6.33. The minimum Gasteiger partial charge on any atom is -0.376 e. The van der Waals surface area contributed by atoms with Crippen molar-refractivity contribution in [3.8, 4) is 0 Å². The molecule has 21 heavy (non-hydrogen) atoms. The number of carbonyl (C=O) groups excluding carboxylic acids is 1. The van der Waals surface area contributed by atoms with Gasteiger partial charge in [-0.05, 0) is 32.0 Å². The van der Waals surface area contributed by atoms with E-state index in [0.717, 1.165) is 11.4 Å². The number of hydrogen-bond acceptors (Lipinski definition) is 4. The van der Waals surface area contributed by atoms with Crippen LogP contribution in [0.25, 0.3) is 0 Å². The number of aromatic nitrogens is 2. The van der Waals surface area contributed by atoms with Crippen molar-refractivity contribution in [3.05, 3.63) is 52.6 Å². The van der Waals surface area contributed by atoms with Gasteiger partial charge in [0.2, 0.25) is 0 Å². The molecule has 6 heteroatoms. The molecule has 2 rings (SSSR count). The first kappa shape index (κ1) is 15.3. The van der Waals surface area contributed by atoms with Crippen molar-refractivity contribution < 1.29 is 4.79 Å². The molecular weight excluding hydrogens is 288 g/mol. The Hall–Kier alpha value is -2.14. The fourth-order valence-corrected chi connectivity index (χ4v) is 2.24. The Kier molecular flexibility index (Phi) is 4.75. The Bertz CT molecular complexity index is 660. The predicted octanol–water partition coefficient (Wildman–Crippen LogP) is 2.97. The lowest BCUT2D eigenvalue weighted by Crippen LogP contribution is -2.18. The normalized spacial score (nSPS) is 11.8. The molecule has 5 nitrogen and oxygen atoms in total. The Morgan fingerprint density at radius 3 is 2.67 bits per heavy atom. The maximum Gasteiger partial charge on any atom is 0.251 e. The maximum absolute atomic E-state index is 11.7. The first-order valence-corrected chi connectivity index (χ1v) is 6.96. The summed E-state index contributed by atoms with van der Waals surface area (Å²) < 4.78 is 0. The molecule has 0 aliphatic carbocycles. The molecule has 0 aliphatic heterocycles. The first-order valence-electron chi connectivity index (χ1n) is 6.58. The molecule has 110 valence electrons. The van der Waals surface area contributed by atoms with Gasteiger partial charge in [-0.2, -0.15) is 0 Å². The third-order valence-electron chi connectivity index (χ3n) is 3.16. The van der Waals surface area contributed by atoms with E-state index in [9.17, 15) is 4.79 Å². The molecule has 0 bridgehead atoms. The van der Waals surface area contributed by atoms with Gasteiger partial charge in [0.1, 0.15) is 0 Å². The minimum atomic E-state index is -0.155. The van der Waals surface area contributed by atoms with Crippen molar-refractivity contribution in [3.63, 3.8) is 0 Å². The van der Waals surface area contributed by atoms with Crippen LogP contribution in [0.15, 0.2) is 30.6 Å². The van der Waals surface area contributed by atoms with Crippen LogP contribution in [0.1, 0.15) is 34.7 Å². The maximum atomic E-state index is 11.7. The van der Waals surface area contributed by atoms with E-state index < -0.39 is 0 Å². The smallest absolute Gasteiger partial charge is 0.251 e. The zero-order valence-corrected chi connectivity index (χ0v) is 12.9. The summed E-state index contributed by atoms with van der Waals surface area (Å²) in [5.74, 6) is -0.155. The van der Waals surface area contributed by atoms with Crippen LogP contribution in [0.2, 0.25) is 5.02 Å². The van der Waals surface area contributed by atoms with E-state index in [-0.39, 0.29) is 11.9 Å². The van der Waals surface area contributed by atoms with Crippen LogP contribution in [-0.2, 0) is 0 Å². The zero-order chi connectivity index (χ0) is 15.4. The molecule has 1 atom stereocenters. The van der Waals surface area contributed by atoms with Crippen LogP contribution < -0.4 is 10.6 Å². The summed E-state index contributed by atoms with van der Waals surface area (Å²) in [6.07, 6.45) is 3.31. The molecule has 0 radical (unpaired) electrons. The van der Waals surface area contributed by atoms with E-state index in [4.69, 9.17) is 11.6 Å². The summed E-state index contributed by atoms with van der Waals surface area (Å²) in [6, 6.07) is 5.04. The number of carbonyl (C=O) groups is 1. The van der Waals surface area contributed by atoms with E-state index in [1.807, 2.05) is 13.8 Å². The number of rotatable bonds is 4. The van der Waals surface area contributed by atoms with Crippen molar-refractivity contribution in [2.24, 2.45) is 0 Å². The third kappa shape index (κ3) is 3.49. The number of benzene rings is 1. The summed E-state index contributed by atoms with van der Waals surface area (Å²) in [7, 11) is 1.59. The molecule has 2 aromatic rings. The van der Waals surface area contributed by atoms with Gasteiger partial charge in [0.15, 0.2) is 0 Å². The molecule has 1 aromatic heterocycles. The number of nitrogens with zero attached hydrogens (tertiary/aromatic N) is 2. The van der Waals surface area contributed by atoms with Gasteiger partial charge in [-0.25, -0.2) is 0 Å². The van der Waals surface area contributed by atoms with E-state index in [2.05, 4.69) is 20.6 Å². The first-order chi connectivity index (χ1) is 10.0. The fraction of sp³-hybridized carbons (Fsp3) is 0.267. The molecule has 0 aliphatic rings. The Balaban J connectivity index is 2.27. The molecule has 0 saturated carbocycles. The summed E-state index contributed by atoms with van der Waals surface area (Å²) in [5.41, 5.74) is 2.94. The highest BCUT2D eigenvalue weighted by Crippen LogP contribution is 2.27. The molecule has 0 saturated heterocycles. The predicted molar refractivity (Wildman–Crippen MR) is 83.6 cm³/mol. The van der Waals surface area contributed by atoms with Crippen molar-refractivity contribution >= 4 is 23.2 Å². The number of nitrogens with one attached hydrogen (secondary N) is 2. The second-order valence-electron chi connectivity index (χ2n) is 4.67. The number of halogens is 1. The van der Waals surface area contributed by atoms with Crippen LogP contribution in [0.5, 0.6) is 0 Å². The van der Waals surface area contributed by atoms with Gasteiger partial charge in [0.25, 0.3) is 5.91 Å². The lowest BCUT2D eigenvalue weighted by molar-refractivity contribution is 0.0963. The van der Waals surface area contributed by atoms with Crippen LogP contribution >= 0.6 is 11.6 Å². The average molecular weight is 305 g/mol. The summed E-state index contributed by atoms with van der Waals surface area (Å²) >= 11 is 6.19. The number of hydrogen-bond donors (Lipinski definition) is 2. The Labute approximate surface area is 128 Å². The number of anilines is 1. The minimum absolute atomic E-state index is 0.0730. The van der Waals surface area contributed by atoms with Gasteiger partial charge in [-0.3, -0.25) is 14.8 Å². The van der Waals surface area contributed by atoms with E-state index in [0.29, 0.717) is 16.3 Å². The fourth-order valence-electron chi connectivity index (χ4n) is 2.07. The van der Waals surface area contributed by atoms with Gasteiger partial charge in [-0.1, -0.05) is 11.6 Å². The Morgan fingerprint density at radius 1 is 1.29 bits per heavy atom. The summed E-state index contributed by atoms with van der Waals surface area (Å²) in [6.45, 7) is 3.88. The summed E-state index contributed by atoms with van der Waals surface area (Å²) in [5, 5.41) is 6.41. The topological polar surface area (TPSA) is 66.9 Å². The second kappa shape index (κ2) is 6.54. The van der Waals surface area contributed by atoms with Gasteiger partial charge >= 0.3 is 0 Å². The zero-order valence-electron chi connectivity index (χ0n) is 12.1. The molecule has 1 unspecified atom stereocenters.